The van der Waals surface area contributed by atoms with E-state index in [1.165, 1.54) is 25.4 Å². The number of hydrogen-bond acceptors (Lipinski definition) is 5. The molecule has 8 heteroatoms. The number of nitrogens with zero attached hydrogens (tertiary/aromatic N) is 1. The number of amides is 1. The van der Waals surface area contributed by atoms with Crippen LogP contribution in [0.1, 0.15) is 29.0 Å². The van der Waals surface area contributed by atoms with Crippen LogP contribution in [0.15, 0.2) is 47.1 Å². The van der Waals surface area contributed by atoms with Gasteiger partial charge in [-0.15, -0.1) is 0 Å². The number of aromatic nitrogens is 1. The minimum absolute atomic E-state index is 0.0532. The van der Waals surface area contributed by atoms with Gasteiger partial charge >= 0.3 is 0 Å². The minimum atomic E-state index is -0.736. The number of anilines is 1. The molecule has 0 aliphatic carbocycles. The van der Waals surface area contributed by atoms with Gasteiger partial charge in [0.25, 0.3) is 5.91 Å². The van der Waals surface area contributed by atoms with Crippen LogP contribution in [-0.2, 0) is 0 Å². The lowest BCUT2D eigenvalue weighted by Gasteiger charge is -2.15. The lowest BCUT2D eigenvalue weighted by molar-refractivity contribution is 0.0934. The van der Waals surface area contributed by atoms with Crippen LogP contribution in [0, 0.1) is 11.6 Å². The number of ether oxygens (including phenoxy) is 1. The summed E-state index contributed by atoms with van der Waals surface area (Å²) in [4.78, 5) is 16.6. The third kappa shape index (κ3) is 3.95. The van der Waals surface area contributed by atoms with Crippen molar-refractivity contribution in [2.24, 2.45) is 0 Å². The number of oxazole rings is 1. The lowest BCUT2D eigenvalue weighted by Crippen LogP contribution is -2.27. The number of rotatable bonds is 6. The van der Waals surface area contributed by atoms with Gasteiger partial charge < -0.3 is 19.8 Å². The molecular weight excluding hydrogens is 368 g/mol. The zero-order valence-corrected chi connectivity index (χ0v) is 15.5. The van der Waals surface area contributed by atoms with Gasteiger partial charge in [-0.3, -0.25) is 4.79 Å². The number of hydrogen-bond donors (Lipinski definition) is 2. The summed E-state index contributed by atoms with van der Waals surface area (Å²) < 4.78 is 38.4. The Hall–Kier alpha value is -3.42. The average molecular weight is 387 g/mol. The highest BCUT2D eigenvalue weighted by atomic mass is 19.1. The number of nitrogens with one attached hydrogen (secondary N) is 2. The standard InChI is InChI=1S/C20H19F2N3O3/c1-11(13-8-15(21)18(23-2)16(22)9-13)24-19(26)17-10-28-20(25-17)12-5-4-6-14(7-12)27-3/h4-11,23H,1-3H3,(H,24,26). The maximum Gasteiger partial charge on any atom is 0.273 e. The summed E-state index contributed by atoms with van der Waals surface area (Å²) >= 11 is 0. The lowest BCUT2D eigenvalue weighted by atomic mass is 10.1. The van der Waals surface area contributed by atoms with Crippen molar-refractivity contribution < 1.29 is 22.7 Å². The Bertz CT molecular complexity index is 981. The molecule has 1 atom stereocenters. The molecule has 0 fully saturated rings. The number of benzene rings is 2. The van der Waals surface area contributed by atoms with Crippen LogP contribution >= 0.6 is 0 Å². The summed E-state index contributed by atoms with van der Waals surface area (Å²) in [5.74, 6) is -1.11. The van der Waals surface area contributed by atoms with Crippen LogP contribution in [0.25, 0.3) is 11.5 Å². The molecule has 0 saturated carbocycles. The first kappa shape index (κ1) is 19.3. The van der Waals surface area contributed by atoms with E-state index in [1.54, 1.807) is 38.3 Å². The van der Waals surface area contributed by atoms with Crippen molar-refractivity contribution in [2.45, 2.75) is 13.0 Å². The van der Waals surface area contributed by atoms with Gasteiger partial charge in [0, 0.05) is 12.6 Å². The average Bonchev–Trinajstić information content (AvgIpc) is 3.18. The van der Waals surface area contributed by atoms with Gasteiger partial charge in [0.1, 0.15) is 29.3 Å². The SMILES string of the molecule is CNc1c(F)cc(C(C)NC(=O)c2coc(-c3cccc(OC)c3)n2)cc1F. The number of halogens is 2. The van der Waals surface area contributed by atoms with E-state index < -0.39 is 23.6 Å². The van der Waals surface area contributed by atoms with Gasteiger partial charge in [-0.1, -0.05) is 6.07 Å². The molecule has 0 aliphatic heterocycles. The third-order valence-electron chi connectivity index (χ3n) is 4.22. The van der Waals surface area contributed by atoms with Gasteiger partial charge in [0.2, 0.25) is 5.89 Å². The van der Waals surface area contributed by atoms with Crippen molar-refractivity contribution in [1.82, 2.24) is 10.3 Å². The molecule has 0 radical (unpaired) electrons. The second kappa shape index (κ2) is 8.08. The molecule has 6 nitrogen and oxygen atoms in total. The fourth-order valence-corrected chi connectivity index (χ4v) is 2.70. The van der Waals surface area contributed by atoms with E-state index in [0.29, 0.717) is 16.9 Å². The quantitative estimate of drug-likeness (QED) is 0.664. The summed E-state index contributed by atoms with van der Waals surface area (Å²) in [6, 6.07) is 8.75. The summed E-state index contributed by atoms with van der Waals surface area (Å²) in [5.41, 5.74) is 0.774. The summed E-state index contributed by atoms with van der Waals surface area (Å²) in [5, 5.41) is 5.11. The molecule has 3 rings (SSSR count). The first-order valence-electron chi connectivity index (χ1n) is 8.50. The summed E-state index contributed by atoms with van der Waals surface area (Å²) in [6.45, 7) is 1.62. The highest BCUT2D eigenvalue weighted by Crippen LogP contribution is 2.25. The van der Waals surface area contributed by atoms with Crippen molar-refractivity contribution >= 4 is 11.6 Å². The van der Waals surface area contributed by atoms with E-state index in [4.69, 9.17) is 9.15 Å². The van der Waals surface area contributed by atoms with E-state index in [1.807, 2.05) is 0 Å². The smallest absolute Gasteiger partial charge is 0.273 e. The van der Waals surface area contributed by atoms with Crippen molar-refractivity contribution in [3.05, 3.63) is 65.6 Å². The van der Waals surface area contributed by atoms with Crippen molar-refractivity contribution in [1.29, 1.82) is 0 Å². The van der Waals surface area contributed by atoms with Crippen LogP contribution in [0.3, 0.4) is 0 Å². The van der Waals surface area contributed by atoms with Gasteiger partial charge in [-0.05, 0) is 42.8 Å². The minimum Gasteiger partial charge on any atom is -0.497 e. The molecule has 0 aliphatic rings. The predicted octanol–water partition coefficient (Wildman–Crippen LogP) is 4.16. The molecule has 1 aromatic heterocycles. The zero-order valence-electron chi connectivity index (χ0n) is 15.5. The van der Waals surface area contributed by atoms with Gasteiger partial charge in [-0.2, -0.15) is 0 Å². The Morgan fingerprint density at radius 2 is 1.93 bits per heavy atom. The molecule has 2 aromatic carbocycles. The van der Waals surface area contributed by atoms with Crippen molar-refractivity contribution in [3.63, 3.8) is 0 Å². The van der Waals surface area contributed by atoms with Crippen LogP contribution in [-0.4, -0.2) is 25.0 Å². The molecule has 0 bridgehead atoms. The van der Waals surface area contributed by atoms with Gasteiger partial charge in [0.15, 0.2) is 5.69 Å². The molecule has 0 saturated heterocycles. The fourth-order valence-electron chi connectivity index (χ4n) is 2.70. The molecule has 146 valence electrons. The molecule has 1 unspecified atom stereocenters. The molecule has 0 spiro atoms. The van der Waals surface area contributed by atoms with Crippen LogP contribution < -0.4 is 15.4 Å². The monoisotopic (exact) mass is 387 g/mol. The summed E-state index contributed by atoms with van der Waals surface area (Å²) in [6.07, 6.45) is 1.22. The highest BCUT2D eigenvalue weighted by molar-refractivity contribution is 5.92. The van der Waals surface area contributed by atoms with E-state index in [2.05, 4.69) is 15.6 Å². The third-order valence-corrected chi connectivity index (χ3v) is 4.22. The Labute approximate surface area is 160 Å². The molecule has 28 heavy (non-hydrogen) atoms. The Morgan fingerprint density at radius 1 is 1.21 bits per heavy atom. The summed E-state index contributed by atoms with van der Waals surface area (Å²) in [7, 11) is 2.97. The maximum absolute atomic E-state index is 13.9. The topological polar surface area (TPSA) is 76.4 Å². The second-order valence-corrected chi connectivity index (χ2v) is 6.07. The predicted molar refractivity (Wildman–Crippen MR) is 100 cm³/mol. The second-order valence-electron chi connectivity index (χ2n) is 6.07. The van der Waals surface area contributed by atoms with E-state index in [9.17, 15) is 13.6 Å². The van der Waals surface area contributed by atoms with Gasteiger partial charge in [-0.25, -0.2) is 13.8 Å². The number of methoxy groups -OCH3 is 1. The van der Waals surface area contributed by atoms with E-state index >= 15 is 0 Å². The molecule has 2 N–H and O–H groups in total. The molecule has 1 heterocycles. The Balaban J connectivity index is 1.75. The van der Waals surface area contributed by atoms with Gasteiger partial charge in [0.05, 0.1) is 13.2 Å². The number of carbonyl (C=O) groups is 1. The van der Waals surface area contributed by atoms with Crippen LogP contribution in [0.2, 0.25) is 0 Å². The zero-order chi connectivity index (χ0) is 20.3. The molecule has 3 aromatic rings. The fraction of sp³-hybridized carbons (Fsp3) is 0.200. The maximum atomic E-state index is 13.9. The largest absolute Gasteiger partial charge is 0.497 e. The number of carbonyl (C=O) groups excluding carboxylic acids is 1. The van der Waals surface area contributed by atoms with Crippen molar-refractivity contribution in [3.8, 4) is 17.2 Å². The van der Waals surface area contributed by atoms with E-state index in [0.717, 1.165) is 0 Å². The first-order valence-corrected chi connectivity index (χ1v) is 8.50. The van der Waals surface area contributed by atoms with E-state index in [-0.39, 0.29) is 17.3 Å². The molecular formula is C20H19F2N3O3. The Morgan fingerprint density at radius 3 is 2.57 bits per heavy atom. The highest BCUT2D eigenvalue weighted by Gasteiger charge is 2.19. The van der Waals surface area contributed by atoms with Crippen molar-refractivity contribution in [2.75, 3.05) is 19.5 Å². The first-order chi connectivity index (χ1) is 13.4. The van der Waals surface area contributed by atoms with Crippen LogP contribution in [0.5, 0.6) is 5.75 Å². The normalized spacial score (nSPS) is 11.8. The Kier molecular flexibility index (Phi) is 5.58. The van der Waals surface area contributed by atoms with Crippen LogP contribution in [0.4, 0.5) is 14.5 Å². The molecule has 1 amide bonds.